The number of ether oxygens (including phenoxy) is 4. The molecule has 364 valence electrons. The first kappa shape index (κ1) is 73.1. The maximum absolute atomic E-state index is 10.3. The van der Waals surface area contributed by atoms with Crippen LogP contribution in [0.4, 0.5) is 0 Å². The Morgan fingerprint density at radius 1 is 0.339 bits per heavy atom. The van der Waals surface area contributed by atoms with Gasteiger partial charge in [-0.25, -0.2) is 0 Å². The second kappa shape index (κ2) is 52.5. The van der Waals surface area contributed by atoms with Crippen LogP contribution >= 0.6 is 0 Å². The molecular weight excluding hydrogens is 860 g/mol. The lowest BCUT2D eigenvalue weighted by Crippen LogP contribution is -2.36. The van der Waals surface area contributed by atoms with Crippen LogP contribution in [0.2, 0.25) is 0 Å². The smallest absolute Gasteiger partial charge is 0.327 e. The lowest BCUT2D eigenvalue weighted by Gasteiger charge is -2.05. The van der Waals surface area contributed by atoms with Crippen molar-refractivity contribution in [1.82, 2.24) is 0 Å². The van der Waals surface area contributed by atoms with E-state index < -0.39 is 96.4 Å². The first-order chi connectivity index (χ1) is 28.5. The van der Waals surface area contributed by atoms with E-state index in [-0.39, 0.29) is 72.1 Å². The predicted molar refractivity (Wildman–Crippen MR) is 202 cm³/mol. The molecule has 0 aromatic rings. The summed E-state index contributed by atoms with van der Waals surface area (Å²) in [5.41, 5.74) is 57.5. The molecule has 0 aliphatic carbocycles. The number of nitrogens with two attached hydrogens (primary N) is 12. The number of carbonyl (C=O) groups is 12. The van der Waals surface area contributed by atoms with Gasteiger partial charge in [0, 0.05) is 0 Å². The molecule has 0 unspecified atom stereocenters. The van der Waals surface area contributed by atoms with Gasteiger partial charge in [0.15, 0.2) is 0 Å². The number of carboxylic acid groups (broad SMARTS) is 6. The first-order valence-electron chi connectivity index (χ1n) is 15.9. The van der Waals surface area contributed by atoms with Gasteiger partial charge >= 0.3 is 71.6 Å². The molecular formula is C27H58N12O23. The van der Waals surface area contributed by atoms with Crippen LogP contribution in [-0.4, -0.2) is 204 Å². The fraction of sp³-hybridized carbons (Fsp3) is 0.556. The summed E-state index contributed by atoms with van der Waals surface area (Å²) < 4.78 is 16.7. The van der Waals surface area contributed by atoms with Crippen LogP contribution < -0.4 is 68.8 Å². The minimum absolute atomic E-state index is 0.271. The van der Waals surface area contributed by atoms with E-state index in [1.165, 1.54) is 0 Å². The number of carboxylic acids is 6. The fourth-order valence-electron chi connectivity index (χ4n) is 1.12. The molecule has 62 heavy (non-hydrogen) atoms. The molecule has 0 spiro atoms. The molecule has 0 rings (SSSR count). The molecule has 0 aliphatic heterocycles. The molecule has 0 heterocycles. The van der Waals surface area contributed by atoms with E-state index in [4.69, 9.17) is 87.3 Å². The van der Waals surface area contributed by atoms with E-state index >= 15 is 0 Å². The van der Waals surface area contributed by atoms with Crippen LogP contribution in [0.25, 0.3) is 0 Å². The second-order valence-corrected chi connectivity index (χ2v) is 9.09. The Labute approximate surface area is 349 Å². The molecule has 0 saturated carbocycles. The Morgan fingerprint density at radius 2 is 0.516 bits per heavy atom. The quantitative estimate of drug-likeness (QED) is 0.0366. The molecule has 0 bridgehead atoms. The number of carbonyl (C=O) groups excluding carboxylic acids is 6. The highest BCUT2D eigenvalue weighted by Crippen LogP contribution is 1.83. The van der Waals surface area contributed by atoms with Crippen molar-refractivity contribution in [1.29, 1.82) is 0 Å². The average Bonchev–Trinajstić information content (AvgIpc) is 3.24. The van der Waals surface area contributed by atoms with Crippen LogP contribution in [-0.2, 0) is 76.5 Å². The van der Waals surface area contributed by atoms with Crippen LogP contribution in [0.15, 0.2) is 0 Å². The second-order valence-electron chi connectivity index (χ2n) is 9.09. The first-order valence-corrected chi connectivity index (χ1v) is 15.9. The summed E-state index contributed by atoms with van der Waals surface area (Å²) in [7, 11) is 0. The van der Waals surface area contributed by atoms with Crippen molar-refractivity contribution in [2.45, 2.75) is 18.1 Å². The van der Waals surface area contributed by atoms with Crippen LogP contribution in [0.5, 0.6) is 0 Å². The van der Waals surface area contributed by atoms with Crippen LogP contribution in [0.3, 0.4) is 0 Å². The molecule has 0 fully saturated rings. The van der Waals surface area contributed by atoms with Crippen LogP contribution in [0, 0.1) is 0 Å². The van der Waals surface area contributed by atoms with Gasteiger partial charge in [0.05, 0.1) is 65.5 Å². The molecule has 0 radical (unpaired) electrons. The highest BCUT2D eigenvalue weighted by molar-refractivity contribution is 5.87. The largest absolute Gasteiger partial charge is 0.480 e. The predicted octanol–water partition coefficient (Wildman–Crippen LogP) is -12.8. The van der Waals surface area contributed by atoms with Gasteiger partial charge in [-0.05, 0) is 0 Å². The standard InChI is InChI=1S/2C5H10N2O4.2C4H8N2O3.C3H7NO3.3C2H5NO2/c2*6-1-4(8)11-2-3(7)5(9)10;2*5-1-3(7)9-4(8)2-6;4-2(1-5)3(6)7;3*3-1-2(4)5/h2*3H,1-2,6-7H2,(H,9,10);2*1-2,5-6H2;2,5H,1,4H2,(H,6,7);3*1,3H2,(H,4,5)/t2*3-;;;2-;;;/m00..0.../s1. The van der Waals surface area contributed by atoms with Crippen molar-refractivity contribution >= 4 is 71.6 Å². The van der Waals surface area contributed by atoms with Crippen molar-refractivity contribution in [3.05, 3.63) is 0 Å². The monoisotopic (exact) mass is 918 g/mol. The minimum atomic E-state index is -1.21. The number of aliphatic carboxylic acids is 6. The zero-order chi connectivity index (χ0) is 51.0. The highest BCUT2D eigenvalue weighted by atomic mass is 16.6. The number of aliphatic hydroxyl groups excluding tert-OH is 1. The Morgan fingerprint density at radius 3 is 0.613 bits per heavy atom. The molecule has 0 aromatic heterocycles. The van der Waals surface area contributed by atoms with Crippen molar-refractivity contribution < 1.29 is 112 Å². The molecule has 0 aromatic carbocycles. The summed E-state index contributed by atoms with van der Waals surface area (Å²) in [6.45, 7) is -3.76. The SMILES string of the molecule is NCC(=O)O.NCC(=O)O.NCC(=O)O.NCC(=O)OC(=O)CN.NCC(=O)OC(=O)CN.NCC(=O)OC[C@H](N)C(=O)O.NCC(=O)OC[C@H](N)C(=O)O.N[C@@H](CO)C(=O)O. The lowest BCUT2D eigenvalue weighted by atomic mass is 10.3. The van der Waals surface area contributed by atoms with Crippen LogP contribution in [0.1, 0.15) is 0 Å². The summed E-state index contributed by atoms with van der Waals surface area (Å²) >= 11 is 0. The summed E-state index contributed by atoms with van der Waals surface area (Å²) in [4.78, 5) is 119. The average molecular weight is 919 g/mol. The third-order valence-electron chi connectivity index (χ3n) is 3.98. The van der Waals surface area contributed by atoms with E-state index in [2.05, 4.69) is 36.1 Å². The molecule has 31 N–H and O–H groups in total. The lowest BCUT2D eigenvalue weighted by molar-refractivity contribution is -0.159. The zero-order valence-corrected chi connectivity index (χ0v) is 32.8. The van der Waals surface area contributed by atoms with Gasteiger partial charge in [-0.3, -0.25) is 57.5 Å². The summed E-state index contributed by atoms with van der Waals surface area (Å²) in [6, 6.07) is -3.48. The Kier molecular flexibility index (Phi) is 61.9. The number of esters is 6. The van der Waals surface area contributed by atoms with E-state index in [0.29, 0.717) is 0 Å². The maximum atomic E-state index is 10.3. The Bertz CT molecular complexity index is 1200. The molecule has 0 saturated heterocycles. The van der Waals surface area contributed by atoms with Gasteiger partial charge in [0.1, 0.15) is 31.3 Å². The summed E-state index contributed by atoms with van der Waals surface area (Å²) in [5.74, 6) is -10.9. The minimum Gasteiger partial charge on any atom is -0.480 e. The number of hydrogen-bond donors (Lipinski definition) is 19. The van der Waals surface area contributed by atoms with Gasteiger partial charge in [0.2, 0.25) is 0 Å². The molecule has 0 amide bonds. The summed E-state index contributed by atoms with van der Waals surface area (Å²) in [6.07, 6.45) is 0. The molecule has 0 aliphatic rings. The van der Waals surface area contributed by atoms with Crippen molar-refractivity contribution in [2.75, 3.05) is 78.7 Å². The maximum Gasteiger partial charge on any atom is 0.327 e. The van der Waals surface area contributed by atoms with Crippen molar-refractivity contribution in [3.63, 3.8) is 0 Å². The van der Waals surface area contributed by atoms with Gasteiger partial charge < -0.3 is 123 Å². The van der Waals surface area contributed by atoms with Crippen molar-refractivity contribution in [3.8, 4) is 0 Å². The number of hydrogen-bond acceptors (Lipinski definition) is 29. The Hall–Kier alpha value is -6.48. The third-order valence-corrected chi connectivity index (χ3v) is 3.98. The fourth-order valence-corrected chi connectivity index (χ4v) is 1.12. The van der Waals surface area contributed by atoms with E-state index in [1.54, 1.807) is 0 Å². The van der Waals surface area contributed by atoms with Gasteiger partial charge in [-0.2, -0.15) is 0 Å². The topological polar surface area (TPSA) is 696 Å². The Balaban J connectivity index is -0.0000000912. The summed E-state index contributed by atoms with van der Waals surface area (Å²) in [5, 5.41) is 55.1. The van der Waals surface area contributed by atoms with E-state index in [0.717, 1.165) is 0 Å². The highest BCUT2D eigenvalue weighted by Gasteiger charge is 2.14. The van der Waals surface area contributed by atoms with E-state index in [9.17, 15) is 57.5 Å². The number of rotatable bonds is 17. The van der Waals surface area contributed by atoms with Gasteiger partial charge in [-0.15, -0.1) is 0 Å². The normalized spacial score (nSPS) is 10.1. The molecule has 3 atom stereocenters. The molecule has 35 heteroatoms. The van der Waals surface area contributed by atoms with Gasteiger partial charge in [-0.1, -0.05) is 0 Å². The third kappa shape index (κ3) is 77.9. The zero-order valence-electron chi connectivity index (χ0n) is 32.8. The van der Waals surface area contributed by atoms with Gasteiger partial charge in [0.25, 0.3) is 0 Å². The number of aliphatic hydroxyl groups is 1. The molecule has 35 nitrogen and oxygen atoms in total. The van der Waals surface area contributed by atoms with Crippen molar-refractivity contribution in [2.24, 2.45) is 68.8 Å². The van der Waals surface area contributed by atoms with E-state index in [1.807, 2.05) is 0 Å².